The summed E-state index contributed by atoms with van der Waals surface area (Å²) >= 11 is 0. The highest BCUT2D eigenvalue weighted by Gasteiger charge is 2.21. The van der Waals surface area contributed by atoms with Gasteiger partial charge in [-0.25, -0.2) is 0 Å². The predicted molar refractivity (Wildman–Crippen MR) is 85.7 cm³/mol. The SMILES string of the molecule is C=C(/C=C/c1ccc(O)cc1)C(C)(C)c1ccccc1. The van der Waals surface area contributed by atoms with E-state index in [1.807, 2.05) is 42.5 Å². The van der Waals surface area contributed by atoms with Gasteiger partial charge in [0.25, 0.3) is 0 Å². The van der Waals surface area contributed by atoms with Crippen molar-refractivity contribution in [1.29, 1.82) is 0 Å². The van der Waals surface area contributed by atoms with Gasteiger partial charge in [0.15, 0.2) is 0 Å². The average Bonchev–Trinajstić information content (AvgIpc) is 2.47. The molecule has 0 radical (unpaired) electrons. The summed E-state index contributed by atoms with van der Waals surface area (Å²) in [6.07, 6.45) is 4.06. The highest BCUT2D eigenvalue weighted by Crippen LogP contribution is 2.31. The minimum absolute atomic E-state index is 0.103. The third-order valence-electron chi connectivity index (χ3n) is 3.67. The Morgan fingerprint density at radius 2 is 1.60 bits per heavy atom. The van der Waals surface area contributed by atoms with Gasteiger partial charge < -0.3 is 5.11 Å². The second kappa shape index (κ2) is 5.79. The smallest absolute Gasteiger partial charge is 0.115 e. The first kappa shape index (κ1) is 14.1. The van der Waals surface area contributed by atoms with E-state index in [-0.39, 0.29) is 11.2 Å². The van der Waals surface area contributed by atoms with E-state index in [9.17, 15) is 5.11 Å². The van der Waals surface area contributed by atoms with Crippen molar-refractivity contribution in [3.8, 4) is 5.75 Å². The number of benzene rings is 2. The van der Waals surface area contributed by atoms with Crippen molar-refractivity contribution in [2.24, 2.45) is 0 Å². The van der Waals surface area contributed by atoms with Crippen LogP contribution in [0.25, 0.3) is 6.08 Å². The van der Waals surface area contributed by atoms with E-state index in [0.717, 1.165) is 11.1 Å². The topological polar surface area (TPSA) is 20.2 Å². The number of aromatic hydroxyl groups is 1. The molecule has 0 amide bonds. The molecule has 0 saturated carbocycles. The number of phenolic OH excluding ortho intramolecular Hbond substituents is 1. The average molecular weight is 264 g/mol. The molecule has 1 nitrogen and oxygen atoms in total. The third-order valence-corrected chi connectivity index (χ3v) is 3.67. The highest BCUT2D eigenvalue weighted by atomic mass is 16.3. The molecule has 0 saturated heterocycles. The number of hydrogen-bond donors (Lipinski definition) is 1. The molecule has 0 bridgehead atoms. The minimum Gasteiger partial charge on any atom is -0.508 e. The molecule has 0 unspecified atom stereocenters. The molecule has 0 aromatic heterocycles. The largest absolute Gasteiger partial charge is 0.508 e. The lowest BCUT2D eigenvalue weighted by Gasteiger charge is -2.26. The Hall–Kier alpha value is -2.28. The fourth-order valence-corrected chi connectivity index (χ4v) is 2.03. The Morgan fingerprint density at radius 3 is 2.20 bits per heavy atom. The van der Waals surface area contributed by atoms with Crippen LogP contribution in [-0.4, -0.2) is 5.11 Å². The normalized spacial score (nSPS) is 11.7. The molecular formula is C19H20O. The van der Waals surface area contributed by atoms with E-state index in [1.165, 1.54) is 5.56 Å². The lowest BCUT2D eigenvalue weighted by atomic mass is 9.78. The molecule has 2 rings (SSSR count). The van der Waals surface area contributed by atoms with E-state index in [2.05, 4.69) is 32.6 Å². The van der Waals surface area contributed by atoms with Crippen molar-refractivity contribution in [3.05, 3.63) is 84.0 Å². The Kier molecular flexibility index (Phi) is 4.09. The summed E-state index contributed by atoms with van der Waals surface area (Å²) in [6.45, 7) is 8.54. The van der Waals surface area contributed by atoms with E-state index >= 15 is 0 Å². The van der Waals surface area contributed by atoms with Gasteiger partial charge in [-0.15, -0.1) is 0 Å². The summed E-state index contributed by atoms with van der Waals surface area (Å²) in [5.74, 6) is 0.283. The number of hydrogen-bond acceptors (Lipinski definition) is 1. The number of rotatable bonds is 4. The van der Waals surface area contributed by atoms with Crippen LogP contribution >= 0.6 is 0 Å². The molecular weight excluding hydrogens is 244 g/mol. The monoisotopic (exact) mass is 264 g/mol. The quantitative estimate of drug-likeness (QED) is 0.775. The van der Waals surface area contributed by atoms with Gasteiger partial charge in [-0.3, -0.25) is 0 Å². The van der Waals surface area contributed by atoms with Crippen molar-refractivity contribution in [2.75, 3.05) is 0 Å². The summed E-state index contributed by atoms with van der Waals surface area (Å²) in [5.41, 5.74) is 3.25. The Bertz CT molecular complexity index is 604. The molecule has 1 N–H and O–H groups in total. The van der Waals surface area contributed by atoms with Crippen LogP contribution in [0.5, 0.6) is 5.75 Å². The number of phenols is 1. The van der Waals surface area contributed by atoms with Crippen molar-refractivity contribution >= 4 is 6.08 Å². The van der Waals surface area contributed by atoms with Crippen molar-refractivity contribution < 1.29 is 5.11 Å². The molecule has 0 atom stereocenters. The summed E-state index contributed by atoms with van der Waals surface area (Å²) in [6, 6.07) is 17.5. The second-order valence-electron chi connectivity index (χ2n) is 5.44. The van der Waals surface area contributed by atoms with Crippen LogP contribution in [0.3, 0.4) is 0 Å². The molecule has 1 heteroatoms. The summed E-state index contributed by atoms with van der Waals surface area (Å²) < 4.78 is 0. The molecule has 2 aromatic carbocycles. The van der Waals surface area contributed by atoms with Gasteiger partial charge in [0.1, 0.15) is 5.75 Å². The Balaban J connectivity index is 2.17. The molecule has 0 fully saturated rings. The lowest BCUT2D eigenvalue weighted by Crippen LogP contribution is -2.18. The van der Waals surface area contributed by atoms with Gasteiger partial charge >= 0.3 is 0 Å². The van der Waals surface area contributed by atoms with E-state index in [1.54, 1.807) is 12.1 Å². The van der Waals surface area contributed by atoms with Crippen LogP contribution in [0.15, 0.2) is 72.8 Å². The maximum Gasteiger partial charge on any atom is 0.115 e. The predicted octanol–water partition coefficient (Wildman–Crippen LogP) is 4.94. The van der Waals surface area contributed by atoms with Crippen molar-refractivity contribution in [1.82, 2.24) is 0 Å². The first-order valence-corrected chi connectivity index (χ1v) is 6.72. The van der Waals surface area contributed by atoms with Crippen LogP contribution in [0.1, 0.15) is 25.0 Å². The molecule has 0 aliphatic heterocycles. The van der Waals surface area contributed by atoms with Crippen LogP contribution in [0.4, 0.5) is 0 Å². The van der Waals surface area contributed by atoms with Crippen LogP contribution in [0, 0.1) is 0 Å². The van der Waals surface area contributed by atoms with Crippen LogP contribution < -0.4 is 0 Å². The molecule has 0 aliphatic rings. The van der Waals surface area contributed by atoms with Crippen LogP contribution in [0.2, 0.25) is 0 Å². The summed E-state index contributed by atoms with van der Waals surface area (Å²) in [7, 11) is 0. The standard InChI is InChI=1S/C19H20O/c1-15(9-10-16-11-13-18(20)14-12-16)19(2,3)17-7-5-4-6-8-17/h4-14,20H,1H2,2-3H3/b10-9+. The highest BCUT2D eigenvalue weighted by molar-refractivity contribution is 5.55. The zero-order chi connectivity index (χ0) is 14.6. The summed E-state index contributed by atoms with van der Waals surface area (Å²) in [4.78, 5) is 0. The van der Waals surface area contributed by atoms with Gasteiger partial charge in [-0.2, -0.15) is 0 Å². The minimum atomic E-state index is -0.103. The Labute approximate surface area is 120 Å². The van der Waals surface area contributed by atoms with Crippen molar-refractivity contribution in [3.63, 3.8) is 0 Å². The number of allylic oxidation sites excluding steroid dienone is 2. The maximum atomic E-state index is 9.27. The molecule has 0 aliphatic carbocycles. The summed E-state index contributed by atoms with van der Waals surface area (Å²) in [5, 5.41) is 9.27. The van der Waals surface area contributed by atoms with E-state index < -0.39 is 0 Å². The Morgan fingerprint density at radius 1 is 1.00 bits per heavy atom. The molecule has 0 heterocycles. The van der Waals surface area contributed by atoms with Crippen LogP contribution in [-0.2, 0) is 5.41 Å². The molecule has 20 heavy (non-hydrogen) atoms. The molecule has 102 valence electrons. The maximum absolute atomic E-state index is 9.27. The van der Waals surface area contributed by atoms with E-state index in [4.69, 9.17) is 0 Å². The van der Waals surface area contributed by atoms with Gasteiger partial charge in [-0.1, -0.05) is 75.0 Å². The molecule has 0 spiro atoms. The fourth-order valence-electron chi connectivity index (χ4n) is 2.03. The van der Waals surface area contributed by atoms with Gasteiger partial charge in [0, 0.05) is 5.41 Å². The lowest BCUT2D eigenvalue weighted by molar-refractivity contribution is 0.475. The van der Waals surface area contributed by atoms with E-state index in [0.29, 0.717) is 0 Å². The van der Waals surface area contributed by atoms with Crippen molar-refractivity contribution in [2.45, 2.75) is 19.3 Å². The second-order valence-corrected chi connectivity index (χ2v) is 5.44. The zero-order valence-electron chi connectivity index (χ0n) is 12.0. The third kappa shape index (κ3) is 3.18. The first-order chi connectivity index (χ1) is 9.50. The van der Waals surface area contributed by atoms with Gasteiger partial charge in [0.2, 0.25) is 0 Å². The zero-order valence-corrected chi connectivity index (χ0v) is 12.0. The van der Waals surface area contributed by atoms with Gasteiger partial charge in [-0.05, 0) is 28.8 Å². The van der Waals surface area contributed by atoms with Gasteiger partial charge in [0.05, 0.1) is 0 Å². The fraction of sp³-hybridized carbons (Fsp3) is 0.158. The molecule has 2 aromatic rings. The first-order valence-electron chi connectivity index (χ1n) is 6.72.